The van der Waals surface area contributed by atoms with Crippen LogP contribution < -0.4 is 35.5 Å². The van der Waals surface area contributed by atoms with Crippen LogP contribution in [0.2, 0.25) is 0 Å². The molecule has 0 heterocycles. The highest BCUT2D eigenvalue weighted by Crippen LogP contribution is 2.36. The summed E-state index contributed by atoms with van der Waals surface area (Å²) in [5.41, 5.74) is 7.96. The van der Waals surface area contributed by atoms with E-state index in [4.69, 9.17) is 19.9 Å². The molecule has 0 unspecified atom stereocenters. The lowest BCUT2D eigenvalue weighted by atomic mass is 10.2. The topological polar surface area (TPSA) is 114 Å². The van der Waals surface area contributed by atoms with Crippen LogP contribution in [-0.2, 0) is 4.79 Å². The number of methoxy groups -OCH3 is 2. The number of nitrogens with two attached hydrogens (primary N) is 1. The van der Waals surface area contributed by atoms with Crippen LogP contribution in [0.4, 0.5) is 17.1 Å². The van der Waals surface area contributed by atoms with Crippen molar-refractivity contribution in [2.45, 2.75) is 0 Å². The van der Waals surface area contributed by atoms with E-state index in [2.05, 4.69) is 33.7 Å². The number of nitrogens with zero attached hydrogens (tertiary/aromatic N) is 3. The number of allylic oxidation sites excluding steroid dienone is 1. The molecule has 0 aliphatic heterocycles. The molecule has 198 valence electrons. The minimum absolute atomic E-state index is 0.0958. The molecular weight excluding hydrogens is 472 g/mol. The number of nitrogens with one attached hydrogen (secondary N) is 2. The lowest BCUT2D eigenvalue weighted by Crippen LogP contribution is -2.29. The molecule has 37 heavy (non-hydrogen) atoms. The van der Waals surface area contributed by atoms with Gasteiger partial charge < -0.3 is 40.4 Å². The summed E-state index contributed by atoms with van der Waals surface area (Å²) in [6.07, 6.45) is 4.24. The summed E-state index contributed by atoms with van der Waals surface area (Å²) in [6.45, 7) is 8.95. The second-order valence-corrected chi connectivity index (χ2v) is 8.19. The molecule has 0 saturated carbocycles. The van der Waals surface area contributed by atoms with E-state index in [1.54, 1.807) is 38.5 Å². The van der Waals surface area contributed by atoms with Gasteiger partial charge in [0, 0.05) is 38.5 Å². The van der Waals surface area contributed by atoms with Crippen molar-refractivity contribution in [3.8, 4) is 17.2 Å². The first-order valence-electron chi connectivity index (χ1n) is 11.5. The third kappa shape index (κ3) is 9.26. The van der Waals surface area contributed by atoms with E-state index in [1.165, 1.54) is 12.3 Å². The van der Waals surface area contributed by atoms with Crippen molar-refractivity contribution >= 4 is 28.9 Å². The predicted octanol–water partition coefficient (Wildman–Crippen LogP) is 3.66. The van der Waals surface area contributed by atoms with Gasteiger partial charge >= 0.3 is 0 Å². The zero-order chi connectivity index (χ0) is 27.4. The van der Waals surface area contributed by atoms with Crippen LogP contribution in [-0.4, -0.2) is 65.2 Å². The van der Waals surface area contributed by atoms with Gasteiger partial charge in [0.25, 0.3) is 0 Å². The molecule has 0 saturated heterocycles. The first-order chi connectivity index (χ1) is 17.7. The number of carbonyl (C=O) groups excluding carboxylic acids is 1. The Balaban J connectivity index is 2.20. The van der Waals surface area contributed by atoms with Crippen LogP contribution >= 0.6 is 0 Å². The fraction of sp³-hybridized carbons (Fsp3) is 0.259. The minimum atomic E-state index is -0.336. The van der Waals surface area contributed by atoms with E-state index in [0.717, 1.165) is 18.8 Å². The number of guanidine groups is 1. The Kier molecular flexibility index (Phi) is 11.1. The number of rotatable bonds is 13. The molecule has 0 aliphatic carbocycles. The normalized spacial score (nSPS) is 11.2. The summed E-state index contributed by atoms with van der Waals surface area (Å²) in [7, 11) is 9.08. The molecule has 0 bridgehead atoms. The van der Waals surface area contributed by atoms with E-state index in [0.29, 0.717) is 34.4 Å². The number of carbonyl (C=O) groups is 1. The number of likely N-dealkylation sites (N-methyl/N-ethyl adjacent to an activating group) is 2. The average molecular weight is 509 g/mol. The van der Waals surface area contributed by atoms with Gasteiger partial charge in [-0.1, -0.05) is 19.2 Å². The van der Waals surface area contributed by atoms with Gasteiger partial charge in [-0.2, -0.15) is 0 Å². The summed E-state index contributed by atoms with van der Waals surface area (Å²) in [5, 5.41) is 5.85. The van der Waals surface area contributed by atoms with Crippen molar-refractivity contribution in [2.24, 2.45) is 10.7 Å². The van der Waals surface area contributed by atoms with E-state index in [9.17, 15) is 4.79 Å². The van der Waals surface area contributed by atoms with Crippen LogP contribution in [0, 0.1) is 0 Å². The summed E-state index contributed by atoms with van der Waals surface area (Å²) in [4.78, 5) is 20.4. The predicted molar refractivity (Wildman–Crippen MR) is 151 cm³/mol. The Morgan fingerprint density at radius 3 is 2.43 bits per heavy atom. The van der Waals surface area contributed by atoms with Gasteiger partial charge in [0.1, 0.15) is 23.0 Å². The molecule has 0 fully saturated rings. The lowest BCUT2D eigenvalue weighted by Gasteiger charge is -2.26. The van der Waals surface area contributed by atoms with Gasteiger partial charge in [0.2, 0.25) is 5.91 Å². The van der Waals surface area contributed by atoms with Gasteiger partial charge in [0.15, 0.2) is 5.96 Å². The summed E-state index contributed by atoms with van der Waals surface area (Å²) in [5.74, 6) is 1.90. The molecule has 1 amide bonds. The number of ether oxygens (including phenoxy) is 3. The largest absolute Gasteiger partial charge is 0.497 e. The Morgan fingerprint density at radius 2 is 1.78 bits per heavy atom. The zero-order valence-electron chi connectivity index (χ0n) is 22.1. The molecule has 10 nitrogen and oxygen atoms in total. The second kappa shape index (κ2) is 14.2. The maximum Gasteiger partial charge on any atom is 0.247 e. The standard InChI is InChI=1S/C27H36N6O4/c1-8-26(34)30-22-17-23(25(36-7)18-24(22)33(5)15-14-32(3)4)31-27(28)29-13-12-19(2)37-21-11-9-10-20(16-21)35-6/h8-13,16-18H,1-2,14-15H2,3-7H3,(H,30,34)(H3,28,29,31)/b13-12-. The van der Waals surface area contributed by atoms with Crippen molar-refractivity contribution in [1.82, 2.24) is 4.90 Å². The van der Waals surface area contributed by atoms with E-state index in [1.807, 2.05) is 44.2 Å². The molecule has 10 heteroatoms. The summed E-state index contributed by atoms with van der Waals surface area (Å²) < 4.78 is 16.4. The van der Waals surface area contributed by atoms with Crippen LogP contribution in [0.1, 0.15) is 0 Å². The third-order valence-electron chi connectivity index (χ3n) is 5.08. The first kappa shape index (κ1) is 28.8. The zero-order valence-corrected chi connectivity index (χ0v) is 22.1. The second-order valence-electron chi connectivity index (χ2n) is 8.19. The molecular formula is C27H36N6O4. The number of aliphatic imine (C=N–C) groups is 1. The van der Waals surface area contributed by atoms with E-state index in [-0.39, 0.29) is 11.9 Å². The van der Waals surface area contributed by atoms with Gasteiger partial charge in [-0.25, -0.2) is 4.99 Å². The average Bonchev–Trinajstić information content (AvgIpc) is 2.87. The number of hydrogen-bond acceptors (Lipinski definition) is 7. The third-order valence-corrected chi connectivity index (χ3v) is 5.08. The molecule has 2 rings (SSSR count). The Labute approximate surface area is 218 Å². The van der Waals surface area contributed by atoms with Crippen LogP contribution in [0.25, 0.3) is 0 Å². The molecule has 0 aliphatic rings. The van der Waals surface area contributed by atoms with Gasteiger partial charge in [-0.05, 0) is 44.4 Å². The van der Waals surface area contributed by atoms with Crippen LogP contribution in [0.3, 0.4) is 0 Å². The monoisotopic (exact) mass is 508 g/mol. The number of anilines is 3. The minimum Gasteiger partial charge on any atom is -0.497 e. The summed E-state index contributed by atoms with van der Waals surface area (Å²) in [6, 6.07) is 10.7. The van der Waals surface area contributed by atoms with Gasteiger partial charge in [-0.15, -0.1) is 0 Å². The van der Waals surface area contributed by atoms with Gasteiger partial charge in [-0.3, -0.25) is 4.79 Å². The Bertz CT molecular complexity index is 1160. The number of benzene rings is 2. The molecule has 0 atom stereocenters. The maximum absolute atomic E-state index is 12.1. The van der Waals surface area contributed by atoms with E-state index < -0.39 is 0 Å². The fourth-order valence-corrected chi connectivity index (χ4v) is 3.13. The highest BCUT2D eigenvalue weighted by atomic mass is 16.5. The van der Waals surface area contributed by atoms with Gasteiger partial charge in [0.05, 0.1) is 31.3 Å². The number of amides is 1. The quantitative estimate of drug-likeness (QED) is 0.124. The molecule has 2 aromatic carbocycles. The SMILES string of the molecule is C=CC(=O)Nc1cc(NC(N)=N/C=C\C(=C)Oc2cccc(OC)c2)c(OC)cc1N(C)CCN(C)C. The van der Waals surface area contributed by atoms with Crippen molar-refractivity contribution in [3.63, 3.8) is 0 Å². The molecule has 4 N–H and O–H groups in total. The highest BCUT2D eigenvalue weighted by Gasteiger charge is 2.16. The molecule has 0 radical (unpaired) electrons. The maximum atomic E-state index is 12.1. The van der Waals surface area contributed by atoms with Crippen molar-refractivity contribution in [3.05, 3.63) is 73.7 Å². The molecule has 2 aromatic rings. The van der Waals surface area contributed by atoms with Crippen molar-refractivity contribution in [1.29, 1.82) is 0 Å². The number of hydrogen-bond donors (Lipinski definition) is 3. The Hall–Kier alpha value is -4.44. The van der Waals surface area contributed by atoms with Crippen molar-refractivity contribution in [2.75, 3.05) is 64.0 Å². The summed E-state index contributed by atoms with van der Waals surface area (Å²) >= 11 is 0. The smallest absolute Gasteiger partial charge is 0.247 e. The molecule has 0 spiro atoms. The lowest BCUT2D eigenvalue weighted by molar-refractivity contribution is -0.111. The fourth-order valence-electron chi connectivity index (χ4n) is 3.13. The highest BCUT2D eigenvalue weighted by molar-refractivity contribution is 6.03. The Morgan fingerprint density at radius 1 is 1.05 bits per heavy atom. The van der Waals surface area contributed by atoms with E-state index >= 15 is 0 Å². The van der Waals surface area contributed by atoms with Crippen LogP contribution in [0.15, 0.2) is 78.7 Å². The molecule has 0 aromatic heterocycles. The van der Waals surface area contributed by atoms with Crippen molar-refractivity contribution < 1.29 is 19.0 Å². The van der Waals surface area contributed by atoms with Crippen LogP contribution in [0.5, 0.6) is 17.2 Å². The first-order valence-corrected chi connectivity index (χ1v) is 11.5.